The summed E-state index contributed by atoms with van der Waals surface area (Å²) in [7, 11) is 1.95. The quantitative estimate of drug-likeness (QED) is 0.849. The summed E-state index contributed by atoms with van der Waals surface area (Å²) in [6.07, 6.45) is 7.82. The average molecular weight is 326 g/mol. The third kappa shape index (κ3) is 4.45. The summed E-state index contributed by atoms with van der Waals surface area (Å²) in [6.45, 7) is 2.59. The third-order valence-corrected chi connectivity index (χ3v) is 4.68. The minimum atomic E-state index is 0.141. The predicted molar refractivity (Wildman–Crippen MR) is 94.5 cm³/mol. The van der Waals surface area contributed by atoms with Crippen LogP contribution in [0.2, 0.25) is 0 Å². The van der Waals surface area contributed by atoms with Gasteiger partial charge in [-0.2, -0.15) is 5.10 Å². The van der Waals surface area contributed by atoms with Crippen molar-refractivity contribution in [3.8, 4) is 0 Å². The van der Waals surface area contributed by atoms with Crippen molar-refractivity contribution in [2.45, 2.75) is 31.7 Å². The lowest BCUT2D eigenvalue weighted by atomic mass is 10.1. The van der Waals surface area contributed by atoms with Crippen molar-refractivity contribution in [2.75, 3.05) is 19.6 Å². The smallest absolute Gasteiger partial charge is 0.221 e. The van der Waals surface area contributed by atoms with Crippen molar-refractivity contribution < 1.29 is 4.79 Å². The van der Waals surface area contributed by atoms with Gasteiger partial charge >= 0.3 is 0 Å². The lowest BCUT2D eigenvalue weighted by Gasteiger charge is -2.23. The second kappa shape index (κ2) is 8.11. The molecule has 1 atom stereocenters. The molecule has 24 heavy (non-hydrogen) atoms. The topological polar surface area (TPSA) is 50.2 Å². The van der Waals surface area contributed by atoms with Crippen LogP contribution in [0.25, 0.3) is 0 Å². The summed E-state index contributed by atoms with van der Waals surface area (Å²) < 4.78 is 1.85. The second-order valence-corrected chi connectivity index (χ2v) is 6.48. The molecule has 1 amide bonds. The molecule has 3 rings (SSSR count). The first-order valence-corrected chi connectivity index (χ1v) is 8.75. The van der Waals surface area contributed by atoms with Crippen molar-refractivity contribution in [1.29, 1.82) is 0 Å². The molecule has 1 aliphatic heterocycles. The third-order valence-electron chi connectivity index (χ3n) is 4.68. The molecule has 1 aromatic carbocycles. The van der Waals surface area contributed by atoms with Crippen LogP contribution in [0.1, 0.15) is 36.4 Å². The minimum Gasteiger partial charge on any atom is -0.356 e. The summed E-state index contributed by atoms with van der Waals surface area (Å²) in [5.41, 5.74) is 2.52. The first kappa shape index (κ1) is 16.7. The van der Waals surface area contributed by atoms with Gasteiger partial charge in [0.1, 0.15) is 0 Å². The van der Waals surface area contributed by atoms with E-state index < -0.39 is 0 Å². The van der Waals surface area contributed by atoms with Gasteiger partial charge in [-0.15, -0.1) is 0 Å². The van der Waals surface area contributed by atoms with Crippen molar-refractivity contribution in [2.24, 2.45) is 7.05 Å². The molecule has 1 aliphatic rings. The van der Waals surface area contributed by atoms with Gasteiger partial charge in [-0.1, -0.05) is 30.3 Å². The highest BCUT2D eigenvalue weighted by Gasteiger charge is 2.26. The van der Waals surface area contributed by atoms with E-state index >= 15 is 0 Å². The number of hydrogen-bond acceptors (Lipinski definition) is 3. The van der Waals surface area contributed by atoms with E-state index in [2.05, 4.69) is 33.6 Å². The SMILES string of the molecule is Cn1cc([C@H]2CCCN2CCC(=O)NCCc2ccccc2)cn1. The van der Waals surface area contributed by atoms with Crippen LogP contribution < -0.4 is 5.32 Å². The molecular weight excluding hydrogens is 300 g/mol. The van der Waals surface area contributed by atoms with Crippen LogP contribution in [-0.4, -0.2) is 40.2 Å². The molecule has 2 heterocycles. The first-order chi connectivity index (χ1) is 11.7. The van der Waals surface area contributed by atoms with E-state index in [0.29, 0.717) is 19.0 Å². The number of aromatic nitrogens is 2. The Morgan fingerprint density at radius 3 is 2.92 bits per heavy atom. The molecule has 0 unspecified atom stereocenters. The Morgan fingerprint density at radius 2 is 2.17 bits per heavy atom. The van der Waals surface area contributed by atoms with Crippen molar-refractivity contribution in [3.63, 3.8) is 0 Å². The number of benzene rings is 1. The zero-order valence-electron chi connectivity index (χ0n) is 14.3. The van der Waals surface area contributed by atoms with Gasteiger partial charge in [0, 0.05) is 44.4 Å². The molecule has 1 N–H and O–H groups in total. The van der Waals surface area contributed by atoms with Crippen LogP contribution >= 0.6 is 0 Å². The van der Waals surface area contributed by atoms with Crippen LogP contribution in [0, 0.1) is 0 Å². The Hall–Kier alpha value is -2.14. The average Bonchev–Trinajstić information content (AvgIpc) is 3.22. The number of amides is 1. The van der Waals surface area contributed by atoms with E-state index in [4.69, 9.17) is 0 Å². The van der Waals surface area contributed by atoms with Crippen LogP contribution in [0.4, 0.5) is 0 Å². The minimum absolute atomic E-state index is 0.141. The highest BCUT2D eigenvalue weighted by atomic mass is 16.1. The van der Waals surface area contributed by atoms with E-state index in [1.165, 1.54) is 17.5 Å². The van der Waals surface area contributed by atoms with E-state index in [9.17, 15) is 4.79 Å². The summed E-state index contributed by atoms with van der Waals surface area (Å²) >= 11 is 0. The fraction of sp³-hybridized carbons (Fsp3) is 0.474. The maximum absolute atomic E-state index is 12.1. The maximum Gasteiger partial charge on any atom is 0.221 e. The number of rotatable bonds is 7. The van der Waals surface area contributed by atoms with E-state index in [0.717, 1.165) is 25.9 Å². The zero-order chi connectivity index (χ0) is 16.8. The Labute approximate surface area is 143 Å². The van der Waals surface area contributed by atoms with E-state index in [1.807, 2.05) is 36.1 Å². The van der Waals surface area contributed by atoms with E-state index in [1.54, 1.807) is 0 Å². The van der Waals surface area contributed by atoms with Crippen molar-refractivity contribution in [1.82, 2.24) is 20.0 Å². The summed E-state index contributed by atoms with van der Waals surface area (Å²) in [5.74, 6) is 0.141. The fourth-order valence-electron chi connectivity index (χ4n) is 3.41. The van der Waals surface area contributed by atoms with Gasteiger partial charge < -0.3 is 5.32 Å². The molecular formula is C19H26N4O. The molecule has 1 fully saturated rings. The number of likely N-dealkylation sites (tertiary alicyclic amines) is 1. The highest BCUT2D eigenvalue weighted by molar-refractivity contribution is 5.76. The van der Waals surface area contributed by atoms with Crippen LogP contribution in [0.15, 0.2) is 42.7 Å². The van der Waals surface area contributed by atoms with Gasteiger partial charge in [-0.3, -0.25) is 14.4 Å². The Kier molecular flexibility index (Phi) is 5.64. The van der Waals surface area contributed by atoms with Gasteiger partial charge in [0.15, 0.2) is 0 Å². The summed E-state index contributed by atoms with van der Waals surface area (Å²) in [6, 6.07) is 10.7. The van der Waals surface area contributed by atoms with Gasteiger partial charge in [-0.05, 0) is 31.4 Å². The molecule has 5 nitrogen and oxygen atoms in total. The van der Waals surface area contributed by atoms with E-state index in [-0.39, 0.29) is 5.91 Å². The second-order valence-electron chi connectivity index (χ2n) is 6.48. The fourth-order valence-corrected chi connectivity index (χ4v) is 3.41. The van der Waals surface area contributed by atoms with Crippen molar-refractivity contribution >= 4 is 5.91 Å². The number of nitrogens with one attached hydrogen (secondary N) is 1. The lowest BCUT2D eigenvalue weighted by Crippen LogP contribution is -2.31. The molecule has 0 bridgehead atoms. The van der Waals surface area contributed by atoms with Gasteiger partial charge in [0.05, 0.1) is 6.20 Å². The zero-order valence-corrected chi connectivity index (χ0v) is 14.3. The molecule has 5 heteroatoms. The largest absolute Gasteiger partial charge is 0.356 e. The highest BCUT2D eigenvalue weighted by Crippen LogP contribution is 2.31. The van der Waals surface area contributed by atoms with Gasteiger partial charge in [0.25, 0.3) is 0 Å². The predicted octanol–water partition coefficient (Wildman–Crippen LogP) is 2.31. The monoisotopic (exact) mass is 326 g/mol. The first-order valence-electron chi connectivity index (χ1n) is 8.75. The molecule has 0 saturated carbocycles. The standard InChI is InChI=1S/C19H26N4O/c1-22-15-17(14-21-22)18-8-5-12-23(18)13-10-19(24)20-11-9-16-6-3-2-4-7-16/h2-4,6-7,14-15,18H,5,8-13H2,1H3,(H,20,24)/t18-/m1/s1. The summed E-state index contributed by atoms with van der Waals surface area (Å²) in [5, 5.41) is 7.30. The lowest BCUT2D eigenvalue weighted by molar-refractivity contribution is -0.121. The number of carbonyl (C=O) groups excluding carboxylic acids is 1. The van der Waals surface area contributed by atoms with Crippen LogP contribution in [0.5, 0.6) is 0 Å². The van der Waals surface area contributed by atoms with Crippen LogP contribution in [0.3, 0.4) is 0 Å². The Bertz CT molecular complexity index is 652. The Balaban J connectivity index is 1.40. The molecule has 0 spiro atoms. The molecule has 0 radical (unpaired) electrons. The number of aryl methyl sites for hydroxylation is 1. The number of carbonyl (C=O) groups is 1. The Morgan fingerprint density at radius 1 is 1.33 bits per heavy atom. The molecule has 128 valence electrons. The molecule has 1 aromatic heterocycles. The summed E-state index contributed by atoms with van der Waals surface area (Å²) in [4.78, 5) is 14.5. The van der Waals surface area contributed by atoms with Crippen LogP contribution in [-0.2, 0) is 18.3 Å². The number of nitrogens with zero attached hydrogens (tertiary/aromatic N) is 3. The molecule has 2 aromatic rings. The number of hydrogen-bond donors (Lipinski definition) is 1. The van der Waals surface area contributed by atoms with Gasteiger partial charge in [-0.25, -0.2) is 0 Å². The molecule has 1 saturated heterocycles. The van der Waals surface area contributed by atoms with Crippen molar-refractivity contribution in [3.05, 3.63) is 53.9 Å². The molecule has 0 aliphatic carbocycles. The van der Waals surface area contributed by atoms with Gasteiger partial charge in [0.2, 0.25) is 5.91 Å². The maximum atomic E-state index is 12.1. The normalized spacial score (nSPS) is 18.0.